The molecule has 5 nitrogen and oxygen atoms in total. The van der Waals surface area contributed by atoms with Gasteiger partial charge in [-0.05, 0) is 30.2 Å². The Hall–Kier alpha value is -3.15. The van der Waals surface area contributed by atoms with Crippen molar-refractivity contribution in [2.75, 3.05) is 13.1 Å². The van der Waals surface area contributed by atoms with E-state index in [0.717, 1.165) is 29.9 Å². The van der Waals surface area contributed by atoms with Crippen molar-refractivity contribution in [2.45, 2.75) is 25.4 Å². The number of aromatic amines is 1. The first-order chi connectivity index (χ1) is 13.7. The van der Waals surface area contributed by atoms with E-state index in [1.807, 2.05) is 41.3 Å². The Morgan fingerprint density at radius 3 is 2.86 bits per heavy atom. The van der Waals surface area contributed by atoms with E-state index in [1.165, 1.54) is 12.1 Å². The number of halogens is 1. The summed E-state index contributed by atoms with van der Waals surface area (Å²) in [6, 6.07) is 17.8. The second kappa shape index (κ2) is 8.25. The third kappa shape index (κ3) is 4.39. The number of benzene rings is 2. The molecule has 1 aromatic heterocycles. The topological polar surface area (TPSA) is 58.2 Å². The first-order valence-electron chi connectivity index (χ1n) is 9.41. The molecule has 0 unspecified atom stereocenters. The van der Waals surface area contributed by atoms with Gasteiger partial charge in [-0.2, -0.15) is 5.10 Å². The van der Waals surface area contributed by atoms with Crippen LogP contribution in [0.1, 0.15) is 29.3 Å². The maximum atomic E-state index is 13.2. The predicted molar refractivity (Wildman–Crippen MR) is 103 cm³/mol. The van der Waals surface area contributed by atoms with Gasteiger partial charge in [-0.3, -0.25) is 9.89 Å². The van der Waals surface area contributed by atoms with Crippen LogP contribution in [0.25, 0.3) is 0 Å². The maximum Gasteiger partial charge on any atom is 0.227 e. The van der Waals surface area contributed by atoms with Gasteiger partial charge in [0.2, 0.25) is 5.91 Å². The van der Waals surface area contributed by atoms with Crippen LogP contribution in [0.3, 0.4) is 0 Å². The Kier molecular flexibility index (Phi) is 5.37. The zero-order valence-corrected chi connectivity index (χ0v) is 15.5. The van der Waals surface area contributed by atoms with Crippen molar-refractivity contribution in [1.82, 2.24) is 15.1 Å². The summed E-state index contributed by atoms with van der Waals surface area (Å²) in [7, 11) is 0. The highest BCUT2D eigenvalue weighted by atomic mass is 19.1. The molecule has 1 amide bonds. The lowest BCUT2D eigenvalue weighted by molar-refractivity contribution is -0.129. The summed E-state index contributed by atoms with van der Waals surface area (Å²) >= 11 is 0. The SMILES string of the molecule is O=C(Cc1ccccc1)N1CC[C@@H](c2cc(COc3cccc(F)c3)[nH]n2)C1. The average Bonchev–Trinajstić information content (AvgIpc) is 3.37. The molecule has 28 heavy (non-hydrogen) atoms. The van der Waals surface area contributed by atoms with Crippen molar-refractivity contribution in [3.05, 3.63) is 83.4 Å². The van der Waals surface area contributed by atoms with E-state index in [4.69, 9.17) is 4.74 Å². The summed E-state index contributed by atoms with van der Waals surface area (Å²) in [5.41, 5.74) is 2.80. The number of carbonyl (C=O) groups excluding carboxylic acids is 1. The highest BCUT2D eigenvalue weighted by molar-refractivity contribution is 5.79. The van der Waals surface area contributed by atoms with Gasteiger partial charge >= 0.3 is 0 Å². The van der Waals surface area contributed by atoms with Crippen LogP contribution < -0.4 is 4.74 Å². The smallest absolute Gasteiger partial charge is 0.227 e. The number of rotatable bonds is 6. The van der Waals surface area contributed by atoms with Crippen molar-refractivity contribution in [3.63, 3.8) is 0 Å². The lowest BCUT2D eigenvalue weighted by Crippen LogP contribution is -2.29. The molecule has 0 bridgehead atoms. The Labute approximate surface area is 163 Å². The number of H-pyrrole nitrogens is 1. The van der Waals surface area contributed by atoms with Crippen molar-refractivity contribution in [2.24, 2.45) is 0 Å². The number of likely N-dealkylation sites (tertiary alicyclic amines) is 1. The van der Waals surface area contributed by atoms with Crippen molar-refractivity contribution in [1.29, 1.82) is 0 Å². The van der Waals surface area contributed by atoms with Crippen LogP contribution in [0.15, 0.2) is 60.7 Å². The van der Waals surface area contributed by atoms with Crippen LogP contribution in [0, 0.1) is 5.82 Å². The van der Waals surface area contributed by atoms with Crippen molar-refractivity contribution < 1.29 is 13.9 Å². The zero-order chi connectivity index (χ0) is 19.3. The molecule has 0 radical (unpaired) electrons. The van der Waals surface area contributed by atoms with Crippen LogP contribution in [-0.2, 0) is 17.8 Å². The van der Waals surface area contributed by atoms with Gasteiger partial charge in [0.1, 0.15) is 18.2 Å². The minimum Gasteiger partial charge on any atom is -0.487 e. The molecule has 1 N–H and O–H groups in total. The standard InChI is InChI=1S/C22H22FN3O2/c23-18-7-4-8-20(12-18)28-15-19-13-21(25-24-19)17-9-10-26(14-17)22(27)11-16-5-2-1-3-6-16/h1-8,12-13,17H,9-11,14-15H2,(H,24,25)/t17-/m1/s1. The monoisotopic (exact) mass is 379 g/mol. The minimum absolute atomic E-state index is 0.152. The molecule has 3 aromatic rings. The summed E-state index contributed by atoms with van der Waals surface area (Å²) in [6.07, 6.45) is 1.33. The second-order valence-electron chi connectivity index (χ2n) is 7.05. The van der Waals surface area contributed by atoms with Gasteiger partial charge in [0, 0.05) is 25.1 Å². The lowest BCUT2D eigenvalue weighted by atomic mass is 10.1. The molecule has 2 aromatic carbocycles. The Balaban J connectivity index is 1.31. The zero-order valence-electron chi connectivity index (χ0n) is 15.5. The summed E-state index contributed by atoms with van der Waals surface area (Å²) in [5, 5.41) is 7.37. The molecule has 6 heteroatoms. The van der Waals surface area contributed by atoms with Crippen LogP contribution in [-0.4, -0.2) is 34.1 Å². The largest absolute Gasteiger partial charge is 0.487 e. The Morgan fingerprint density at radius 1 is 1.18 bits per heavy atom. The lowest BCUT2D eigenvalue weighted by Gasteiger charge is -2.16. The summed E-state index contributed by atoms with van der Waals surface area (Å²) < 4.78 is 18.8. The first-order valence-corrected chi connectivity index (χ1v) is 9.41. The van der Waals surface area contributed by atoms with Crippen LogP contribution in [0.2, 0.25) is 0 Å². The number of nitrogens with one attached hydrogen (secondary N) is 1. The molecule has 4 rings (SSSR count). The first kappa shape index (κ1) is 18.2. The van der Waals surface area contributed by atoms with E-state index in [9.17, 15) is 9.18 Å². The van der Waals surface area contributed by atoms with E-state index in [2.05, 4.69) is 10.2 Å². The summed E-state index contributed by atoms with van der Waals surface area (Å²) in [4.78, 5) is 14.4. The molecule has 1 atom stereocenters. The van der Waals surface area contributed by atoms with E-state index >= 15 is 0 Å². The fourth-order valence-electron chi connectivity index (χ4n) is 3.49. The molecule has 144 valence electrons. The number of nitrogens with zero attached hydrogens (tertiary/aromatic N) is 2. The fraction of sp³-hybridized carbons (Fsp3) is 0.273. The van der Waals surface area contributed by atoms with E-state index < -0.39 is 0 Å². The second-order valence-corrected chi connectivity index (χ2v) is 7.05. The van der Waals surface area contributed by atoms with Crippen molar-refractivity contribution >= 4 is 5.91 Å². The van der Waals surface area contributed by atoms with Crippen LogP contribution >= 0.6 is 0 Å². The van der Waals surface area contributed by atoms with Gasteiger partial charge in [-0.15, -0.1) is 0 Å². The average molecular weight is 379 g/mol. The third-order valence-electron chi connectivity index (χ3n) is 5.00. The molecule has 0 spiro atoms. The van der Waals surface area contributed by atoms with E-state index in [0.29, 0.717) is 25.3 Å². The Bertz CT molecular complexity index is 942. The highest BCUT2D eigenvalue weighted by Gasteiger charge is 2.28. The quantitative estimate of drug-likeness (QED) is 0.711. The number of hydrogen-bond donors (Lipinski definition) is 1. The van der Waals surface area contributed by atoms with Gasteiger partial charge < -0.3 is 9.64 Å². The predicted octanol–water partition coefficient (Wildman–Crippen LogP) is 3.69. The minimum atomic E-state index is -0.325. The molecule has 1 aliphatic heterocycles. The number of amides is 1. The third-order valence-corrected chi connectivity index (χ3v) is 5.00. The number of carbonyl (C=O) groups is 1. The van der Waals surface area contributed by atoms with Gasteiger partial charge in [-0.25, -0.2) is 4.39 Å². The molecule has 2 heterocycles. The van der Waals surface area contributed by atoms with Gasteiger partial charge in [0.05, 0.1) is 17.8 Å². The molecular weight excluding hydrogens is 357 g/mol. The normalized spacial score (nSPS) is 16.3. The van der Waals surface area contributed by atoms with Gasteiger partial charge in [-0.1, -0.05) is 36.4 Å². The van der Waals surface area contributed by atoms with Crippen LogP contribution in [0.4, 0.5) is 4.39 Å². The molecular formula is C22H22FN3O2. The number of ether oxygens (including phenoxy) is 1. The van der Waals surface area contributed by atoms with E-state index in [-0.39, 0.29) is 17.6 Å². The summed E-state index contributed by atoms with van der Waals surface area (Å²) in [5.74, 6) is 0.529. The number of hydrogen-bond acceptors (Lipinski definition) is 3. The molecule has 1 saturated heterocycles. The molecule has 1 fully saturated rings. The maximum absolute atomic E-state index is 13.2. The number of aromatic nitrogens is 2. The molecule has 0 saturated carbocycles. The molecule has 0 aliphatic carbocycles. The van der Waals surface area contributed by atoms with Crippen LogP contribution in [0.5, 0.6) is 5.75 Å². The van der Waals surface area contributed by atoms with Gasteiger partial charge in [0.15, 0.2) is 0 Å². The van der Waals surface area contributed by atoms with E-state index in [1.54, 1.807) is 12.1 Å². The Morgan fingerprint density at radius 2 is 2.04 bits per heavy atom. The molecule has 1 aliphatic rings. The van der Waals surface area contributed by atoms with Crippen molar-refractivity contribution in [3.8, 4) is 5.75 Å². The highest BCUT2D eigenvalue weighted by Crippen LogP contribution is 2.27. The van der Waals surface area contributed by atoms with Gasteiger partial charge in [0.25, 0.3) is 0 Å². The fourth-order valence-corrected chi connectivity index (χ4v) is 3.49. The summed E-state index contributed by atoms with van der Waals surface area (Å²) in [6.45, 7) is 1.72.